The highest BCUT2D eigenvalue weighted by molar-refractivity contribution is 7.90. The third kappa shape index (κ3) is 4.39. The molecule has 1 heterocycles. The van der Waals surface area contributed by atoms with Crippen molar-refractivity contribution >= 4 is 21.4 Å². The molecule has 6 heteroatoms. The van der Waals surface area contributed by atoms with Crippen LogP contribution in [0, 0.1) is 6.92 Å². The molecule has 0 spiro atoms. The summed E-state index contributed by atoms with van der Waals surface area (Å²) in [7, 11) is -3.23. The topological polar surface area (TPSA) is 58.2 Å². The molecule has 2 N–H and O–H groups in total. The predicted octanol–water partition coefficient (Wildman–Crippen LogP) is 1.47. The van der Waals surface area contributed by atoms with Gasteiger partial charge < -0.3 is 5.32 Å². The molecule has 0 aliphatic rings. The third-order valence-corrected chi connectivity index (χ3v) is 5.32. The largest absolute Gasteiger partial charge is 0.316 e. The van der Waals surface area contributed by atoms with Gasteiger partial charge >= 0.3 is 0 Å². The molecule has 0 radical (unpaired) electrons. The summed E-state index contributed by atoms with van der Waals surface area (Å²) in [6.07, 6.45) is 0. The standard InChI is InChI=1S/C11H20N2O2S2/c1-4-12-5-10(3)17(14,15)13-6-11-8-16-7-9(11)2/h7-8,10,12-13H,4-6H2,1-3H3. The van der Waals surface area contributed by atoms with E-state index in [1.54, 1.807) is 18.3 Å². The molecule has 0 saturated carbocycles. The summed E-state index contributed by atoms with van der Waals surface area (Å²) in [4.78, 5) is 0. The summed E-state index contributed by atoms with van der Waals surface area (Å²) in [5, 5.41) is 6.62. The van der Waals surface area contributed by atoms with Crippen LogP contribution in [-0.4, -0.2) is 26.8 Å². The molecule has 0 aromatic carbocycles. The molecule has 0 saturated heterocycles. The molecule has 0 bridgehead atoms. The molecule has 4 nitrogen and oxygen atoms in total. The number of aryl methyl sites for hydroxylation is 1. The Morgan fingerprint density at radius 3 is 2.65 bits per heavy atom. The lowest BCUT2D eigenvalue weighted by atomic mass is 10.2. The van der Waals surface area contributed by atoms with Crippen LogP contribution in [0.3, 0.4) is 0 Å². The highest BCUT2D eigenvalue weighted by Gasteiger charge is 2.19. The third-order valence-electron chi connectivity index (χ3n) is 2.64. The van der Waals surface area contributed by atoms with Crippen molar-refractivity contribution in [1.29, 1.82) is 0 Å². The number of thiophene rings is 1. The average Bonchev–Trinajstić information content (AvgIpc) is 2.69. The molecule has 0 fully saturated rings. The summed E-state index contributed by atoms with van der Waals surface area (Å²) in [6, 6.07) is 0. The second-order valence-corrected chi connectivity index (χ2v) is 6.99. The van der Waals surface area contributed by atoms with Crippen molar-refractivity contribution in [3.05, 3.63) is 21.9 Å². The Hall–Kier alpha value is -0.430. The molecule has 1 aromatic heterocycles. The van der Waals surface area contributed by atoms with Crippen molar-refractivity contribution in [2.45, 2.75) is 32.6 Å². The van der Waals surface area contributed by atoms with Crippen LogP contribution in [0.4, 0.5) is 0 Å². The Morgan fingerprint density at radius 2 is 2.12 bits per heavy atom. The Morgan fingerprint density at radius 1 is 1.41 bits per heavy atom. The number of rotatable bonds is 7. The number of sulfonamides is 1. The van der Waals surface area contributed by atoms with Crippen molar-refractivity contribution in [2.24, 2.45) is 0 Å². The first-order chi connectivity index (χ1) is 7.97. The summed E-state index contributed by atoms with van der Waals surface area (Å²) in [5.41, 5.74) is 2.19. The van der Waals surface area contributed by atoms with Gasteiger partial charge in [0.15, 0.2) is 0 Å². The van der Waals surface area contributed by atoms with E-state index in [-0.39, 0.29) is 0 Å². The van der Waals surface area contributed by atoms with Gasteiger partial charge in [0.25, 0.3) is 0 Å². The lowest BCUT2D eigenvalue weighted by Gasteiger charge is -2.14. The zero-order chi connectivity index (χ0) is 12.9. The SMILES string of the molecule is CCNCC(C)S(=O)(=O)NCc1cscc1C. The lowest BCUT2D eigenvalue weighted by molar-refractivity contribution is 0.560. The van der Waals surface area contributed by atoms with Crippen molar-refractivity contribution < 1.29 is 8.42 Å². The van der Waals surface area contributed by atoms with E-state index in [9.17, 15) is 8.42 Å². The van der Waals surface area contributed by atoms with Gasteiger partial charge in [0.05, 0.1) is 5.25 Å². The van der Waals surface area contributed by atoms with Crippen LogP contribution >= 0.6 is 11.3 Å². The Balaban J connectivity index is 2.52. The Bertz CT molecular complexity index is 440. The average molecular weight is 276 g/mol. The minimum Gasteiger partial charge on any atom is -0.316 e. The minimum atomic E-state index is -3.23. The molecule has 1 rings (SSSR count). The lowest BCUT2D eigenvalue weighted by Crippen LogP contribution is -2.38. The molecule has 0 amide bonds. The molecular weight excluding hydrogens is 256 g/mol. The van der Waals surface area contributed by atoms with Gasteiger partial charge in [0.2, 0.25) is 10.0 Å². The van der Waals surface area contributed by atoms with Gasteiger partial charge in [-0.3, -0.25) is 0 Å². The maximum Gasteiger partial charge on any atom is 0.215 e. The summed E-state index contributed by atoms with van der Waals surface area (Å²) < 4.78 is 26.4. The molecule has 17 heavy (non-hydrogen) atoms. The van der Waals surface area contributed by atoms with E-state index in [2.05, 4.69) is 10.0 Å². The van der Waals surface area contributed by atoms with E-state index in [0.717, 1.165) is 17.7 Å². The van der Waals surface area contributed by atoms with Crippen LogP contribution < -0.4 is 10.0 Å². The van der Waals surface area contributed by atoms with Crippen LogP contribution in [0.5, 0.6) is 0 Å². The molecule has 1 aromatic rings. The monoisotopic (exact) mass is 276 g/mol. The van der Waals surface area contributed by atoms with Crippen LogP contribution in [0.1, 0.15) is 25.0 Å². The van der Waals surface area contributed by atoms with E-state index in [4.69, 9.17) is 0 Å². The van der Waals surface area contributed by atoms with E-state index < -0.39 is 15.3 Å². The maximum atomic E-state index is 11.9. The van der Waals surface area contributed by atoms with Gasteiger partial charge in [-0.25, -0.2) is 13.1 Å². The number of hydrogen-bond acceptors (Lipinski definition) is 4. The first-order valence-corrected chi connectivity index (χ1v) is 8.17. The maximum absolute atomic E-state index is 11.9. The number of hydrogen-bond donors (Lipinski definition) is 2. The van der Waals surface area contributed by atoms with Crippen molar-refractivity contribution in [2.75, 3.05) is 13.1 Å². The fourth-order valence-electron chi connectivity index (χ4n) is 1.35. The van der Waals surface area contributed by atoms with Gasteiger partial charge in [0, 0.05) is 13.1 Å². The molecule has 98 valence electrons. The van der Waals surface area contributed by atoms with Crippen LogP contribution in [0.25, 0.3) is 0 Å². The van der Waals surface area contributed by atoms with E-state index in [1.165, 1.54) is 0 Å². The van der Waals surface area contributed by atoms with Gasteiger partial charge in [-0.1, -0.05) is 6.92 Å². The first-order valence-electron chi connectivity index (χ1n) is 5.68. The van der Waals surface area contributed by atoms with Gasteiger partial charge in [0.1, 0.15) is 0 Å². The normalized spacial score (nSPS) is 13.8. The van der Waals surface area contributed by atoms with E-state index >= 15 is 0 Å². The molecule has 0 aliphatic carbocycles. The predicted molar refractivity (Wildman–Crippen MR) is 72.8 cm³/mol. The van der Waals surface area contributed by atoms with E-state index in [0.29, 0.717) is 13.1 Å². The highest BCUT2D eigenvalue weighted by atomic mass is 32.2. The highest BCUT2D eigenvalue weighted by Crippen LogP contribution is 2.13. The summed E-state index contributed by atoms with van der Waals surface area (Å²) >= 11 is 1.59. The minimum absolute atomic E-state index is 0.383. The Labute approximate surface area is 107 Å². The van der Waals surface area contributed by atoms with Crippen molar-refractivity contribution in [3.8, 4) is 0 Å². The zero-order valence-corrected chi connectivity index (χ0v) is 12.1. The van der Waals surface area contributed by atoms with Gasteiger partial charge in [-0.2, -0.15) is 11.3 Å². The molecule has 0 aliphatic heterocycles. The molecular formula is C11H20N2O2S2. The Kier molecular flexibility index (Phi) is 5.58. The summed E-state index contributed by atoms with van der Waals surface area (Å²) in [5.74, 6) is 0. The molecule has 1 atom stereocenters. The smallest absolute Gasteiger partial charge is 0.215 e. The van der Waals surface area contributed by atoms with Crippen LogP contribution in [0.15, 0.2) is 10.8 Å². The number of nitrogens with one attached hydrogen (secondary N) is 2. The fraction of sp³-hybridized carbons (Fsp3) is 0.636. The van der Waals surface area contributed by atoms with Crippen molar-refractivity contribution in [1.82, 2.24) is 10.0 Å². The van der Waals surface area contributed by atoms with E-state index in [1.807, 2.05) is 24.6 Å². The van der Waals surface area contributed by atoms with Gasteiger partial charge in [-0.15, -0.1) is 0 Å². The quantitative estimate of drug-likeness (QED) is 0.793. The zero-order valence-electron chi connectivity index (χ0n) is 10.5. The second kappa shape index (κ2) is 6.49. The fourth-order valence-corrected chi connectivity index (χ4v) is 3.18. The van der Waals surface area contributed by atoms with Gasteiger partial charge in [-0.05, 0) is 42.3 Å². The van der Waals surface area contributed by atoms with Crippen molar-refractivity contribution in [3.63, 3.8) is 0 Å². The molecule has 1 unspecified atom stereocenters. The second-order valence-electron chi connectivity index (χ2n) is 4.06. The first kappa shape index (κ1) is 14.6. The van der Waals surface area contributed by atoms with Crippen LogP contribution in [-0.2, 0) is 16.6 Å². The summed E-state index contributed by atoms with van der Waals surface area (Å²) in [6.45, 7) is 7.31. The van der Waals surface area contributed by atoms with Crippen LogP contribution in [0.2, 0.25) is 0 Å².